The van der Waals surface area contributed by atoms with Crippen LogP contribution in [0.15, 0.2) is 24.3 Å². The van der Waals surface area contributed by atoms with Gasteiger partial charge in [-0.05, 0) is 13.0 Å². The van der Waals surface area contributed by atoms with Gasteiger partial charge in [-0.15, -0.1) is 0 Å². The number of ether oxygens (including phenoxy) is 1. The van der Waals surface area contributed by atoms with Crippen LogP contribution < -0.4 is 15.4 Å². The van der Waals surface area contributed by atoms with E-state index in [9.17, 15) is 0 Å². The predicted octanol–water partition coefficient (Wildman–Crippen LogP) is 2.57. The van der Waals surface area contributed by atoms with Gasteiger partial charge in [0.2, 0.25) is 0 Å². The van der Waals surface area contributed by atoms with Crippen LogP contribution in [0.2, 0.25) is 0 Å². The van der Waals surface area contributed by atoms with Gasteiger partial charge in [0.05, 0.1) is 7.11 Å². The Balaban J connectivity index is 2.32. The first-order valence-electron chi connectivity index (χ1n) is 7.02. The molecule has 1 aromatic heterocycles. The smallest absolute Gasteiger partial charge is 0.137 e. The first-order valence-corrected chi connectivity index (χ1v) is 7.02. The fourth-order valence-corrected chi connectivity index (χ4v) is 2.26. The average Bonchev–Trinajstić information content (AvgIpc) is 2.50. The van der Waals surface area contributed by atoms with Crippen molar-refractivity contribution in [3.05, 3.63) is 41.2 Å². The maximum absolute atomic E-state index is 5.98. The van der Waals surface area contributed by atoms with Crippen molar-refractivity contribution in [2.24, 2.45) is 0 Å². The number of rotatable bonds is 5. The summed E-state index contributed by atoms with van der Waals surface area (Å²) in [7, 11) is 3.68. The van der Waals surface area contributed by atoms with E-state index in [0.29, 0.717) is 12.4 Å². The zero-order valence-electron chi connectivity index (χ0n) is 13.1. The molecule has 0 unspecified atom stereocenters. The molecular weight excluding hydrogens is 264 g/mol. The van der Waals surface area contributed by atoms with Crippen LogP contribution >= 0.6 is 0 Å². The van der Waals surface area contributed by atoms with Crippen LogP contribution in [0.25, 0.3) is 0 Å². The Morgan fingerprint density at radius 2 is 1.95 bits per heavy atom. The summed E-state index contributed by atoms with van der Waals surface area (Å²) in [4.78, 5) is 11.0. The number of benzene rings is 1. The van der Waals surface area contributed by atoms with Crippen molar-refractivity contribution in [1.82, 2.24) is 9.97 Å². The Labute approximate surface area is 125 Å². The largest absolute Gasteiger partial charge is 0.496 e. The second-order valence-electron chi connectivity index (χ2n) is 5.00. The zero-order chi connectivity index (χ0) is 15.4. The van der Waals surface area contributed by atoms with Crippen LogP contribution in [0.1, 0.15) is 23.9 Å². The highest BCUT2D eigenvalue weighted by Crippen LogP contribution is 2.25. The molecule has 0 saturated carbocycles. The predicted molar refractivity (Wildman–Crippen MR) is 85.7 cm³/mol. The zero-order valence-corrected chi connectivity index (χ0v) is 13.1. The summed E-state index contributed by atoms with van der Waals surface area (Å²) in [6, 6.07) is 7.98. The summed E-state index contributed by atoms with van der Waals surface area (Å²) in [5.41, 5.74) is 8.00. The number of para-hydroxylation sites is 1. The van der Waals surface area contributed by atoms with E-state index < -0.39 is 0 Å². The molecule has 2 rings (SSSR count). The molecule has 0 aliphatic heterocycles. The van der Waals surface area contributed by atoms with E-state index in [1.165, 1.54) is 0 Å². The van der Waals surface area contributed by atoms with Crippen LogP contribution in [0.5, 0.6) is 5.75 Å². The number of aryl methyl sites for hydroxylation is 1. The van der Waals surface area contributed by atoms with Crippen molar-refractivity contribution in [3.8, 4) is 5.75 Å². The van der Waals surface area contributed by atoms with Crippen LogP contribution in [-0.2, 0) is 13.0 Å². The molecule has 1 heterocycles. The summed E-state index contributed by atoms with van der Waals surface area (Å²) >= 11 is 0. The summed E-state index contributed by atoms with van der Waals surface area (Å²) in [6.07, 6.45) is 0.764. The lowest BCUT2D eigenvalue weighted by Gasteiger charge is -2.22. The van der Waals surface area contributed by atoms with Gasteiger partial charge in [-0.2, -0.15) is 0 Å². The molecule has 0 spiro atoms. The van der Waals surface area contributed by atoms with Gasteiger partial charge in [0.1, 0.15) is 23.2 Å². The molecule has 5 nitrogen and oxygen atoms in total. The minimum atomic E-state index is 0.545. The molecule has 0 bridgehead atoms. The first-order chi connectivity index (χ1) is 10.1. The van der Waals surface area contributed by atoms with E-state index in [2.05, 4.69) is 20.9 Å². The topological polar surface area (TPSA) is 64.3 Å². The second-order valence-corrected chi connectivity index (χ2v) is 5.00. The van der Waals surface area contributed by atoms with E-state index >= 15 is 0 Å². The number of hydrogen-bond acceptors (Lipinski definition) is 5. The number of nitrogens with zero attached hydrogens (tertiary/aromatic N) is 3. The van der Waals surface area contributed by atoms with Crippen molar-refractivity contribution in [3.63, 3.8) is 0 Å². The van der Waals surface area contributed by atoms with Crippen LogP contribution in [0.4, 0.5) is 11.6 Å². The van der Waals surface area contributed by atoms with Crippen molar-refractivity contribution in [2.45, 2.75) is 26.8 Å². The fraction of sp³-hybridized carbons (Fsp3) is 0.375. The Morgan fingerprint density at radius 3 is 2.62 bits per heavy atom. The minimum absolute atomic E-state index is 0.545. The van der Waals surface area contributed by atoms with Gasteiger partial charge in [-0.1, -0.05) is 25.1 Å². The Kier molecular flexibility index (Phi) is 4.62. The third-order valence-electron chi connectivity index (χ3n) is 3.48. The summed E-state index contributed by atoms with van der Waals surface area (Å²) < 4.78 is 5.40. The van der Waals surface area contributed by atoms with Gasteiger partial charge >= 0.3 is 0 Å². The van der Waals surface area contributed by atoms with E-state index in [-0.39, 0.29) is 0 Å². The second kappa shape index (κ2) is 6.43. The maximum Gasteiger partial charge on any atom is 0.137 e. The summed E-state index contributed by atoms with van der Waals surface area (Å²) in [6.45, 7) is 4.67. The third-order valence-corrected chi connectivity index (χ3v) is 3.48. The van der Waals surface area contributed by atoms with Crippen LogP contribution in [-0.4, -0.2) is 24.1 Å². The first kappa shape index (κ1) is 15.1. The number of nitrogens with two attached hydrogens (primary N) is 1. The number of nitrogen functional groups attached to an aromatic ring is 1. The fourth-order valence-electron chi connectivity index (χ4n) is 2.26. The van der Waals surface area contributed by atoms with Gasteiger partial charge in [-0.3, -0.25) is 0 Å². The summed E-state index contributed by atoms with van der Waals surface area (Å²) in [5, 5.41) is 0. The van der Waals surface area contributed by atoms with E-state index in [0.717, 1.165) is 34.9 Å². The molecule has 0 aliphatic carbocycles. The molecule has 112 valence electrons. The molecule has 2 aromatic rings. The van der Waals surface area contributed by atoms with Gasteiger partial charge in [0.25, 0.3) is 0 Å². The maximum atomic E-state index is 5.98. The van der Waals surface area contributed by atoms with Crippen molar-refractivity contribution < 1.29 is 4.74 Å². The quantitative estimate of drug-likeness (QED) is 0.915. The Hall–Kier alpha value is -2.30. The van der Waals surface area contributed by atoms with Gasteiger partial charge in [0.15, 0.2) is 0 Å². The normalized spacial score (nSPS) is 10.5. The van der Waals surface area contributed by atoms with Crippen LogP contribution in [0, 0.1) is 6.92 Å². The molecule has 0 aliphatic rings. The molecule has 2 N–H and O–H groups in total. The Bertz CT molecular complexity index is 628. The van der Waals surface area contributed by atoms with Gasteiger partial charge in [0, 0.05) is 31.1 Å². The van der Waals surface area contributed by atoms with Crippen molar-refractivity contribution in [2.75, 3.05) is 24.8 Å². The highest BCUT2D eigenvalue weighted by molar-refractivity contribution is 5.56. The lowest BCUT2D eigenvalue weighted by molar-refractivity contribution is 0.409. The van der Waals surface area contributed by atoms with E-state index in [4.69, 9.17) is 10.5 Å². The van der Waals surface area contributed by atoms with Crippen LogP contribution in [0.3, 0.4) is 0 Å². The molecule has 1 aromatic carbocycles. The molecular formula is C16H22N4O. The van der Waals surface area contributed by atoms with E-state index in [1.54, 1.807) is 7.11 Å². The SMILES string of the molecule is CCc1nc(N)c(C)c(N(C)Cc2ccccc2OC)n1. The Morgan fingerprint density at radius 1 is 1.24 bits per heavy atom. The van der Waals surface area contributed by atoms with Gasteiger partial charge in [-0.25, -0.2) is 9.97 Å². The number of aromatic nitrogens is 2. The molecule has 21 heavy (non-hydrogen) atoms. The third kappa shape index (κ3) is 3.24. The van der Waals surface area contributed by atoms with E-state index in [1.807, 2.05) is 39.1 Å². The lowest BCUT2D eigenvalue weighted by Crippen LogP contribution is -2.21. The minimum Gasteiger partial charge on any atom is -0.496 e. The number of anilines is 2. The molecule has 0 saturated heterocycles. The average molecular weight is 286 g/mol. The molecule has 0 atom stereocenters. The van der Waals surface area contributed by atoms with Crippen molar-refractivity contribution in [1.29, 1.82) is 0 Å². The molecule has 0 fully saturated rings. The molecule has 5 heteroatoms. The summed E-state index contributed by atoms with van der Waals surface area (Å²) in [5.74, 6) is 3.05. The highest BCUT2D eigenvalue weighted by atomic mass is 16.5. The van der Waals surface area contributed by atoms with Crippen molar-refractivity contribution >= 4 is 11.6 Å². The number of hydrogen-bond donors (Lipinski definition) is 1. The monoisotopic (exact) mass is 286 g/mol. The molecule has 0 amide bonds. The lowest BCUT2D eigenvalue weighted by atomic mass is 10.2. The highest BCUT2D eigenvalue weighted by Gasteiger charge is 2.13. The molecule has 0 radical (unpaired) electrons. The van der Waals surface area contributed by atoms with Gasteiger partial charge < -0.3 is 15.4 Å². The number of methoxy groups -OCH3 is 1. The standard InChI is InChI=1S/C16H22N4O/c1-5-14-18-15(17)11(2)16(19-14)20(3)10-12-8-6-7-9-13(12)21-4/h6-9H,5,10H2,1-4H3,(H2,17,18,19).